The third kappa shape index (κ3) is 5.37. The molecule has 2 saturated carbocycles. The molecular formula is C18H36N2. The molecular weight excluding hydrogens is 244 g/mol. The fraction of sp³-hybridized carbons (Fsp3) is 1.00. The van der Waals surface area contributed by atoms with E-state index in [2.05, 4.69) is 31.0 Å². The molecule has 0 saturated heterocycles. The fourth-order valence-electron chi connectivity index (χ4n) is 3.72. The predicted octanol–water partition coefficient (Wildman–Crippen LogP) is 4.06. The molecule has 1 atom stereocenters. The molecule has 118 valence electrons. The molecule has 0 radical (unpaired) electrons. The Morgan fingerprint density at radius 1 is 1.05 bits per heavy atom. The SMILES string of the molecule is CCNC(CN(CCC(C)C)C1CC1)C1CCCCC1. The Bertz CT molecular complexity index is 254. The molecule has 2 nitrogen and oxygen atoms in total. The summed E-state index contributed by atoms with van der Waals surface area (Å²) >= 11 is 0. The van der Waals surface area contributed by atoms with Crippen molar-refractivity contribution in [3.63, 3.8) is 0 Å². The first kappa shape index (κ1) is 16.3. The normalized spacial score (nSPS) is 22.6. The molecule has 0 aromatic carbocycles. The summed E-state index contributed by atoms with van der Waals surface area (Å²) in [6, 6.07) is 1.66. The molecule has 0 amide bonds. The molecule has 2 aliphatic rings. The van der Waals surface area contributed by atoms with Crippen molar-refractivity contribution in [2.75, 3.05) is 19.6 Å². The van der Waals surface area contributed by atoms with Crippen LogP contribution in [0.25, 0.3) is 0 Å². The average molecular weight is 280 g/mol. The number of nitrogens with one attached hydrogen (secondary N) is 1. The lowest BCUT2D eigenvalue weighted by Crippen LogP contribution is -2.47. The van der Waals surface area contributed by atoms with E-state index in [1.807, 2.05) is 0 Å². The van der Waals surface area contributed by atoms with Crippen molar-refractivity contribution in [1.82, 2.24) is 10.2 Å². The van der Waals surface area contributed by atoms with Crippen LogP contribution in [0.3, 0.4) is 0 Å². The van der Waals surface area contributed by atoms with Crippen molar-refractivity contribution in [3.05, 3.63) is 0 Å². The van der Waals surface area contributed by atoms with Crippen molar-refractivity contribution in [1.29, 1.82) is 0 Å². The topological polar surface area (TPSA) is 15.3 Å². The maximum Gasteiger partial charge on any atom is 0.0223 e. The average Bonchev–Trinajstić information content (AvgIpc) is 3.27. The summed E-state index contributed by atoms with van der Waals surface area (Å²) in [5.41, 5.74) is 0. The lowest BCUT2D eigenvalue weighted by atomic mass is 9.83. The molecule has 0 bridgehead atoms. The van der Waals surface area contributed by atoms with E-state index >= 15 is 0 Å². The Hall–Kier alpha value is -0.0800. The highest BCUT2D eigenvalue weighted by molar-refractivity contribution is 4.89. The summed E-state index contributed by atoms with van der Waals surface area (Å²) < 4.78 is 0. The summed E-state index contributed by atoms with van der Waals surface area (Å²) in [5.74, 6) is 1.77. The first-order chi connectivity index (χ1) is 9.70. The third-order valence-corrected chi connectivity index (χ3v) is 5.17. The van der Waals surface area contributed by atoms with Gasteiger partial charge in [0.1, 0.15) is 0 Å². The van der Waals surface area contributed by atoms with E-state index in [-0.39, 0.29) is 0 Å². The van der Waals surface area contributed by atoms with Crippen molar-refractivity contribution >= 4 is 0 Å². The highest BCUT2D eigenvalue weighted by Crippen LogP contribution is 2.31. The standard InChI is InChI=1S/C18H36N2/c1-4-19-18(16-8-6-5-7-9-16)14-20(17-10-11-17)13-12-15(2)3/h15-19H,4-14H2,1-3H3. The number of nitrogens with zero attached hydrogens (tertiary/aromatic N) is 1. The molecule has 0 aliphatic heterocycles. The molecule has 0 aromatic heterocycles. The van der Waals surface area contributed by atoms with E-state index < -0.39 is 0 Å². The molecule has 1 N–H and O–H groups in total. The van der Waals surface area contributed by atoms with Crippen LogP contribution >= 0.6 is 0 Å². The van der Waals surface area contributed by atoms with Gasteiger partial charge in [-0.1, -0.05) is 40.0 Å². The molecule has 1 unspecified atom stereocenters. The van der Waals surface area contributed by atoms with Crippen LogP contribution in [0.15, 0.2) is 0 Å². The maximum atomic E-state index is 3.81. The largest absolute Gasteiger partial charge is 0.313 e. The summed E-state index contributed by atoms with van der Waals surface area (Å²) in [6.45, 7) is 10.7. The quantitative estimate of drug-likeness (QED) is 0.685. The van der Waals surface area contributed by atoms with Gasteiger partial charge in [0.05, 0.1) is 0 Å². The van der Waals surface area contributed by atoms with Crippen LogP contribution in [0, 0.1) is 11.8 Å². The van der Waals surface area contributed by atoms with Gasteiger partial charge in [-0.25, -0.2) is 0 Å². The molecule has 0 heterocycles. The number of hydrogen-bond acceptors (Lipinski definition) is 2. The minimum absolute atomic E-state index is 0.744. The van der Waals surface area contributed by atoms with Gasteiger partial charge in [-0.2, -0.15) is 0 Å². The van der Waals surface area contributed by atoms with Gasteiger partial charge in [-0.15, -0.1) is 0 Å². The van der Waals surface area contributed by atoms with Gasteiger partial charge in [0.15, 0.2) is 0 Å². The zero-order valence-corrected chi connectivity index (χ0v) is 14.0. The molecule has 0 spiro atoms. The summed E-state index contributed by atoms with van der Waals surface area (Å²) in [7, 11) is 0. The van der Waals surface area contributed by atoms with E-state index in [1.54, 1.807) is 0 Å². The Morgan fingerprint density at radius 3 is 2.30 bits per heavy atom. The van der Waals surface area contributed by atoms with E-state index in [1.165, 1.54) is 64.5 Å². The van der Waals surface area contributed by atoms with E-state index in [4.69, 9.17) is 0 Å². The predicted molar refractivity (Wildman–Crippen MR) is 88.1 cm³/mol. The van der Waals surface area contributed by atoms with Gasteiger partial charge in [0.2, 0.25) is 0 Å². The van der Waals surface area contributed by atoms with Crippen LogP contribution in [-0.4, -0.2) is 36.6 Å². The molecule has 0 aromatic rings. The second-order valence-electron chi connectivity index (χ2n) is 7.47. The molecule has 20 heavy (non-hydrogen) atoms. The van der Waals surface area contributed by atoms with Crippen LogP contribution in [-0.2, 0) is 0 Å². The second-order valence-corrected chi connectivity index (χ2v) is 7.47. The summed E-state index contributed by atoms with van der Waals surface area (Å²) in [4.78, 5) is 2.81. The van der Waals surface area contributed by atoms with Crippen molar-refractivity contribution in [3.8, 4) is 0 Å². The molecule has 2 rings (SSSR count). The monoisotopic (exact) mass is 280 g/mol. The first-order valence-electron chi connectivity index (χ1n) is 9.18. The zero-order chi connectivity index (χ0) is 14.4. The minimum atomic E-state index is 0.744. The van der Waals surface area contributed by atoms with Crippen LogP contribution in [0.5, 0.6) is 0 Å². The number of hydrogen-bond donors (Lipinski definition) is 1. The smallest absolute Gasteiger partial charge is 0.0223 e. The third-order valence-electron chi connectivity index (χ3n) is 5.17. The van der Waals surface area contributed by atoms with Crippen molar-refractivity contribution < 1.29 is 0 Å². The van der Waals surface area contributed by atoms with Gasteiger partial charge < -0.3 is 5.32 Å². The van der Waals surface area contributed by atoms with E-state index in [0.717, 1.165) is 30.5 Å². The maximum absolute atomic E-state index is 3.81. The molecule has 2 aliphatic carbocycles. The van der Waals surface area contributed by atoms with Gasteiger partial charge in [0, 0.05) is 18.6 Å². The van der Waals surface area contributed by atoms with Crippen molar-refractivity contribution in [2.24, 2.45) is 11.8 Å². The minimum Gasteiger partial charge on any atom is -0.313 e. The fourth-order valence-corrected chi connectivity index (χ4v) is 3.72. The Kier molecular flexibility index (Phi) is 6.83. The summed E-state index contributed by atoms with van der Waals surface area (Å²) in [6.07, 6.45) is 11.6. The zero-order valence-electron chi connectivity index (χ0n) is 14.0. The summed E-state index contributed by atoms with van der Waals surface area (Å²) in [5, 5.41) is 3.81. The Balaban J connectivity index is 1.86. The van der Waals surface area contributed by atoms with Crippen LogP contribution in [0.4, 0.5) is 0 Å². The number of rotatable bonds is 9. The van der Waals surface area contributed by atoms with Gasteiger partial charge in [-0.05, 0) is 57.0 Å². The second kappa shape index (κ2) is 8.38. The van der Waals surface area contributed by atoms with Gasteiger partial charge in [-0.3, -0.25) is 4.90 Å². The molecule has 2 fully saturated rings. The molecule has 2 heteroatoms. The van der Waals surface area contributed by atoms with Crippen LogP contribution in [0.1, 0.15) is 72.1 Å². The lowest BCUT2D eigenvalue weighted by molar-refractivity contribution is 0.172. The number of likely N-dealkylation sites (N-methyl/N-ethyl adjacent to an activating group) is 1. The lowest BCUT2D eigenvalue weighted by Gasteiger charge is -2.35. The van der Waals surface area contributed by atoms with Crippen LogP contribution < -0.4 is 5.32 Å². The van der Waals surface area contributed by atoms with E-state index in [9.17, 15) is 0 Å². The Labute approximate surface area is 126 Å². The highest BCUT2D eigenvalue weighted by atomic mass is 15.2. The highest BCUT2D eigenvalue weighted by Gasteiger charge is 2.32. The van der Waals surface area contributed by atoms with Gasteiger partial charge in [0.25, 0.3) is 0 Å². The van der Waals surface area contributed by atoms with E-state index in [0.29, 0.717) is 0 Å². The van der Waals surface area contributed by atoms with Crippen LogP contribution in [0.2, 0.25) is 0 Å². The van der Waals surface area contributed by atoms with Crippen molar-refractivity contribution in [2.45, 2.75) is 84.2 Å². The Morgan fingerprint density at radius 2 is 1.75 bits per heavy atom. The van der Waals surface area contributed by atoms with Gasteiger partial charge >= 0.3 is 0 Å². The first-order valence-corrected chi connectivity index (χ1v) is 9.18.